The minimum Gasteiger partial charge on any atom is -0.550 e. The van der Waals surface area contributed by atoms with Gasteiger partial charge in [0, 0.05) is 41.3 Å². The van der Waals surface area contributed by atoms with E-state index < -0.39 is 36.0 Å². The molecule has 420 valence electrons. The number of fused-ring (bicyclic) bond motifs is 6. The maximum absolute atomic E-state index is 14.1. The van der Waals surface area contributed by atoms with Crippen LogP contribution in [0.5, 0.6) is 0 Å². The molecule has 2 N–H and O–H groups in total. The van der Waals surface area contributed by atoms with Crippen molar-refractivity contribution in [2.45, 2.75) is 200 Å². The van der Waals surface area contributed by atoms with Gasteiger partial charge in [-0.15, -0.1) is 0 Å². The first-order chi connectivity index (χ1) is 37.5. The number of carbonyl (C=O) groups excluding carboxylic acids is 2. The monoisotopic (exact) mass is 1100 g/mol. The van der Waals surface area contributed by atoms with Gasteiger partial charge in [0.1, 0.15) is 17.2 Å². The number of carboxylic acid groups (broad SMARTS) is 1. The normalized spacial score (nSPS) is 17.2. The minimum atomic E-state index is -1.34. The molecule has 4 atom stereocenters. The molecule has 10 nitrogen and oxygen atoms in total. The number of aromatic nitrogens is 2. The maximum Gasteiger partial charge on any atom is 1.00 e. The molecule has 2 aromatic heterocycles. The quantitative estimate of drug-likeness (QED) is 0.0708. The van der Waals surface area contributed by atoms with Crippen molar-refractivity contribution in [3.05, 3.63) is 153 Å². The van der Waals surface area contributed by atoms with E-state index in [1.165, 1.54) is 45.5 Å². The van der Waals surface area contributed by atoms with Crippen LogP contribution in [0.25, 0.3) is 44.8 Å². The number of esters is 1. The van der Waals surface area contributed by atoms with E-state index >= 15 is 0 Å². The van der Waals surface area contributed by atoms with Gasteiger partial charge in [0.25, 0.3) is 0 Å². The fourth-order valence-electron chi connectivity index (χ4n) is 12.0. The summed E-state index contributed by atoms with van der Waals surface area (Å²) in [5.74, 6) is -2.65. The molecule has 0 saturated carbocycles. The number of ether oxygens (including phenoxy) is 3. The smallest absolute Gasteiger partial charge is 0.550 e. The Morgan fingerprint density at radius 1 is 0.688 bits per heavy atom. The van der Waals surface area contributed by atoms with Crippen LogP contribution < -0.4 is 34.7 Å². The predicted molar refractivity (Wildman–Crippen MR) is 304 cm³/mol. The standard InChI is InChI=1S/C37H46FNO4.C30H34FNO4.Na/c1-23(2)34-31(20-19-27-21-28(42-37(6,7)41-27)22-32(40)43-36(3,4)5)33(25-15-17-26(38)18-16-25)30-14-10-12-24-11-8-9-13-29(24)35(30)39-34;1-18(2)29-26(15-14-22(33)16-23(34)17-27(35)36)28(20-10-12-21(31)13-11-20)25-9-5-7-19-6-3-4-8-24(19)30(25)32-29;/h8-9,11,13,15-18,23,27-28H,10,12,14,19-22H2,1-7H3;3-4,6,8,10-13,18,22-23,33-34H,5,7,9,14-17H2,1-2H3,(H,35,36);/q;;+1/p-1/t27-,28-;;/m1../s1. The number of pyridine rings is 2. The molecule has 0 amide bonds. The molecule has 1 fully saturated rings. The van der Waals surface area contributed by atoms with Crippen molar-refractivity contribution >= 4 is 11.9 Å². The van der Waals surface area contributed by atoms with Crippen LogP contribution in [0.1, 0.15) is 170 Å². The zero-order chi connectivity index (χ0) is 56.8. The third kappa shape index (κ3) is 15.9. The van der Waals surface area contributed by atoms with Crippen molar-refractivity contribution in [3.63, 3.8) is 0 Å². The molecule has 0 radical (unpaired) electrons. The third-order valence-electron chi connectivity index (χ3n) is 15.1. The average molecular weight is 1100 g/mol. The summed E-state index contributed by atoms with van der Waals surface area (Å²) in [4.78, 5) is 34.0. The molecule has 13 heteroatoms. The molecule has 2 unspecified atom stereocenters. The molecule has 0 bridgehead atoms. The van der Waals surface area contributed by atoms with Crippen LogP contribution >= 0.6 is 0 Å². The number of nitrogens with zero attached hydrogens (tertiary/aromatic N) is 2. The van der Waals surface area contributed by atoms with Crippen LogP contribution in [-0.4, -0.2) is 67.9 Å². The fraction of sp³-hybridized carbons (Fsp3) is 0.463. The Labute approximate surface area is 494 Å². The first kappa shape index (κ1) is 62.4. The molecule has 0 spiro atoms. The number of aliphatic carboxylic acids is 1. The summed E-state index contributed by atoms with van der Waals surface area (Å²) in [5, 5.41) is 31.3. The summed E-state index contributed by atoms with van der Waals surface area (Å²) in [6.45, 7) is 18.0. The summed E-state index contributed by atoms with van der Waals surface area (Å²) in [6, 6.07) is 30.4. The number of hydrogen-bond donors (Lipinski definition) is 2. The topological polar surface area (TPSA) is 151 Å². The zero-order valence-corrected chi connectivity index (χ0v) is 50.6. The maximum atomic E-state index is 14.1. The van der Waals surface area contributed by atoms with Gasteiger partial charge in [-0.1, -0.05) is 100 Å². The van der Waals surface area contributed by atoms with Gasteiger partial charge >= 0.3 is 35.5 Å². The number of rotatable bonds is 16. The second-order valence-corrected chi connectivity index (χ2v) is 23.8. The number of carboxylic acids is 1. The van der Waals surface area contributed by atoms with Crippen molar-refractivity contribution in [2.24, 2.45) is 0 Å². The molecule has 1 saturated heterocycles. The summed E-state index contributed by atoms with van der Waals surface area (Å²) in [5.41, 5.74) is 17.2. The average Bonchev–Trinajstić information content (AvgIpc) is 3.73. The van der Waals surface area contributed by atoms with Crippen LogP contribution in [0.2, 0.25) is 0 Å². The Bertz CT molecular complexity index is 3100. The van der Waals surface area contributed by atoms with Crippen molar-refractivity contribution in [3.8, 4) is 44.8 Å². The Morgan fingerprint density at radius 2 is 1.15 bits per heavy atom. The summed E-state index contributed by atoms with van der Waals surface area (Å²) < 4.78 is 46.1. The van der Waals surface area contributed by atoms with Crippen LogP contribution in [0.3, 0.4) is 0 Å². The van der Waals surface area contributed by atoms with Crippen molar-refractivity contribution in [1.82, 2.24) is 9.97 Å². The van der Waals surface area contributed by atoms with Crippen LogP contribution in [0.15, 0.2) is 97.1 Å². The van der Waals surface area contributed by atoms with E-state index in [1.54, 1.807) is 24.3 Å². The molecule has 4 aromatic carbocycles. The molecule has 6 aromatic rings. The zero-order valence-electron chi connectivity index (χ0n) is 48.6. The van der Waals surface area contributed by atoms with Gasteiger partial charge < -0.3 is 34.3 Å². The number of hydrogen-bond acceptors (Lipinski definition) is 10. The van der Waals surface area contributed by atoms with E-state index in [0.29, 0.717) is 19.3 Å². The number of halogens is 2. The fourth-order valence-corrected chi connectivity index (χ4v) is 12.0. The number of aliphatic hydroxyl groups excluding tert-OH is 2. The van der Waals surface area contributed by atoms with E-state index in [0.717, 1.165) is 108 Å². The first-order valence-electron chi connectivity index (χ1n) is 28.5. The molecule has 80 heavy (non-hydrogen) atoms. The molecule has 3 aliphatic rings. The second-order valence-electron chi connectivity index (χ2n) is 23.8. The molecular formula is C67H79F2N2NaO8. The Morgan fingerprint density at radius 3 is 1.61 bits per heavy atom. The second kappa shape index (κ2) is 27.3. The largest absolute Gasteiger partial charge is 1.00 e. The van der Waals surface area contributed by atoms with Crippen LogP contribution in [0.4, 0.5) is 8.78 Å². The van der Waals surface area contributed by atoms with E-state index in [4.69, 9.17) is 24.2 Å². The SMILES string of the molecule is CC(C)c1nc2c(c(-c3ccc(F)cc3)c1CCC(O)CC(O)CC(=O)[O-])CCCc1ccccc1-2.CC(C)c1nc2c(c(-c3ccc(F)cc3)c1CC[C@@H]1C[C@H](CC(=O)OC(C)(C)C)OC(C)(C)O1)CCCc1ccccc1-2.[Na+]. The molecule has 3 heterocycles. The van der Waals surface area contributed by atoms with Gasteiger partial charge in [0.05, 0.1) is 42.2 Å². The van der Waals surface area contributed by atoms with E-state index in [9.17, 15) is 33.7 Å². The van der Waals surface area contributed by atoms with Crippen molar-refractivity contribution in [1.29, 1.82) is 0 Å². The summed E-state index contributed by atoms with van der Waals surface area (Å²) in [7, 11) is 0. The predicted octanol–water partition coefficient (Wildman–Crippen LogP) is 10.1. The van der Waals surface area contributed by atoms with Crippen molar-refractivity contribution < 1.29 is 77.5 Å². The number of benzene rings is 4. The third-order valence-corrected chi connectivity index (χ3v) is 15.1. The number of carbonyl (C=O) groups is 2. The van der Waals surface area contributed by atoms with Gasteiger partial charge in [0.15, 0.2) is 5.79 Å². The molecular weight excluding hydrogens is 1020 g/mol. The molecule has 2 aliphatic carbocycles. The Kier molecular flexibility index (Phi) is 21.3. The van der Waals surface area contributed by atoms with Crippen LogP contribution in [-0.2, 0) is 62.3 Å². The summed E-state index contributed by atoms with van der Waals surface area (Å²) >= 11 is 0. The van der Waals surface area contributed by atoms with E-state index in [-0.39, 0.29) is 84.0 Å². The van der Waals surface area contributed by atoms with Gasteiger partial charge in [-0.3, -0.25) is 14.8 Å². The summed E-state index contributed by atoms with van der Waals surface area (Å²) in [6.07, 6.45) is 5.89. The number of aliphatic hydroxyl groups is 2. The van der Waals surface area contributed by atoms with Crippen LogP contribution in [0, 0.1) is 11.6 Å². The van der Waals surface area contributed by atoms with E-state index in [2.05, 4.69) is 70.2 Å². The Balaban J connectivity index is 0.000000232. The van der Waals surface area contributed by atoms with Gasteiger partial charge in [-0.05, 0) is 197 Å². The van der Waals surface area contributed by atoms with E-state index in [1.807, 2.05) is 52.8 Å². The van der Waals surface area contributed by atoms with Gasteiger partial charge in [-0.2, -0.15) is 0 Å². The van der Waals surface area contributed by atoms with Gasteiger partial charge in [-0.25, -0.2) is 8.78 Å². The van der Waals surface area contributed by atoms with Gasteiger partial charge in [0.2, 0.25) is 0 Å². The first-order valence-corrected chi connectivity index (χ1v) is 28.5. The number of aryl methyl sites for hydroxylation is 2. The Hall–Kier alpha value is -5.18. The molecule has 9 rings (SSSR count). The minimum absolute atomic E-state index is 0. The van der Waals surface area contributed by atoms with Crippen molar-refractivity contribution in [2.75, 3.05) is 0 Å². The molecule has 1 aliphatic heterocycles.